The molecule has 0 aliphatic heterocycles. The van der Waals surface area contributed by atoms with Gasteiger partial charge in [0, 0.05) is 18.4 Å². The Morgan fingerprint density at radius 1 is 1.62 bits per heavy atom. The van der Waals surface area contributed by atoms with E-state index in [1.54, 1.807) is 0 Å². The summed E-state index contributed by atoms with van der Waals surface area (Å²) in [4.78, 5) is 0. The van der Waals surface area contributed by atoms with Gasteiger partial charge >= 0.3 is 0 Å². The van der Waals surface area contributed by atoms with E-state index in [0.717, 1.165) is 13.0 Å². The van der Waals surface area contributed by atoms with Crippen LogP contribution in [0, 0.1) is 6.92 Å². The number of aryl methyl sites for hydroxylation is 2. The maximum Gasteiger partial charge on any atom is 0.0490 e. The third-order valence-electron chi connectivity index (χ3n) is 2.16. The highest BCUT2D eigenvalue weighted by Gasteiger charge is 1.97. The van der Waals surface area contributed by atoms with Gasteiger partial charge in [-0.25, -0.2) is 0 Å². The topological polar surface area (TPSA) is 20.7 Å². The molecule has 1 N–H and O–H groups in total. The van der Waals surface area contributed by atoms with Crippen LogP contribution in [0.3, 0.4) is 0 Å². The second kappa shape index (κ2) is 4.75. The van der Waals surface area contributed by atoms with E-state index in [1.165, 1.54) is 11.3 Å². The zero-order chi connectivity index (χ0) is 9.68. The molecule has 0 aliphatic rings. The first kappa shape index (κ1) is 9.90. The molecular weight excluding hydrogens is 160 g/mol. The molecule has 72 valence electrons. The first-order valence-corrected chi connectivity index (χ1v) is 4.73. The third kappa shape index (κ3) is 2.98. The van der Waals surface area contributed by atoms with Crippen molar-refractivity contribution in [3.63, 3.8) is 0 Å². The maximum absolute atomic E-state index is 3.13. The lowest BCUT2D eigenvalue weighted by Gasteiger charge is -2.14. The fourth-order valence-corrected chi connectivity index (χ4v) is 1.16. The molecule has 1 aromatic rings. The van der Waals surface area contributed by atoms with E-state index in [9.17, 15) is 0 Å². The van der Waals surface area contributed by atoms with Crippen LogP contribution >= 0.6 is 0 Å². The highest BCUT2D eigenvalue weighted by molar-refractivity contribution is 5.09. The Bertz CT molecular complexity index is 300. The quantitative estimate of drug-likeness (QED) is 0.684. The van der Waals surface area contributed by atoms with Gasteiger partial charge in [-0.15, -0.1) is 0 Å². The van der Waals surface area contributed by atoms with Gasteiger partial charge in [-0.1, -0.05) is 23.8 Å². The molecule has 1 rings (SSSR count). The molecule has 0 amide bonds. The van der Waals surface area contributed by atoms with Crippen molar-refractivity contribution in [2.45, 2.75) is 33.7 Å². The Balaban J connectivity index is 2.32. The van der Waals surface area contributed by atoms with Gasteiger partial charge in [-0.2, -0.15) is 0 Å². The van der Waals surface area contributed by atoms with Crippen molar-refractivity contribution in [1.29, 1.82) is 0 Å². The standard InChI is InChI=1S/C11H18N2/c1-4-5-6-10(2)7-8-13-11(3)9-12-13/h4-6,9,12H,7-8H2,1-3H3/b5-4-,10-6-. The van der Waals surface area contributed by atoms with Crippen molar-refractivity contribution < 1.29 is 0 Å². The lowest BCUT2D eigenvalue weighted by molar-refractivity contribution is 0.542. The summed E-state index contributed by atoms with van der Waals surface area (Å²) in [6.07, 6.45) is 9.43. The molecular formula is C11H18N2. The van der Waals surface area contributed by atoms with Gasteiger partial charge in [0.05, 0.1) is 0 Å². The van der Waals surface area contributed by atoms with Crippen LogP contribution < -0.4 is 0 Å². The van der Waals surface area contributed by atoms with E-state index in [-0.39, 0.29) is 0 Å². The molecule has 0 spiro atoms. The summed E-state index contributed by atoms with van der Waals surface area (Å²) in [6, 6.07) is 0. The minimum atomic E-state index is 1.06. The van der Waals surface area contributed by atoms with Gasteiger partial charge in [-0.3, -0.25) is 4.68 Å². The molecule has 2 nitrogen and oxygen atoms in total. The number of hydrogen-bond donors (Lipinski definition) is 1. The molecule has 0 radical (unpaired) electrons. The number of nitrogens with zero attached hydrogens (tertiary/aromatic N) is 1. The van der Waals surface area contributed by atoms with Crippen molar-refractivity contribution >= 4 is 0 Å². The maximum atomic E-state index is 3.13. The molecule has 1 aromatic heterocycles. The molecule has 1 heterocycles. The first-order valence-electron chi connectivity index (χ1n) is 4.73. The predicted octanol–water partition coefficient (Wildman–Crippen LogP) is 3.04. The van der Waals surface area contributed by atoms with E-state index in [1.807, 2.05) is 13.1 Å². The van der Waals surface area contributed by atoms with E-state index >= 15 is 0 Å². The highest BCUT2D eigenvalue weighted by Crippen LogP contribution is 2.05. The summed E-state index contributed by atoms with van der Waals surface area (Å²) in [7, 11) is 0. The Morgan fingerprint density at radius 3 is 2.85 bits per heavy atom. The van der Waals surface area contributed by atoms with Gasteiger partial charge < -0.3 is 5.10 Å². The zero-order valence-corrected chi connectivity index (χ0v) is 8.67. The van der Waals surface area contributed by atoms with Crippen molar-refractivity contribution in [2.24, 2.45) is 0 Å². The van der Waals surface area contributed by atoms with E-state index < -0.39 is 0 Å². The van der Waals surface area contributed by atoms with E-state index in [2.05, 4.69) is 41.9 Å². The summed E-state index contributed by atoms with van der Waals surface area (Å²) in [6.45, 7) is 7.37. The van der Waals surface area contributed by atoms with Gasteiger partial charge in [0.25, 0.3) is 0 Å². The Hall–Kier alpha value is -1.18. The van der Waals surface area contributed by atoms with Crippen LogP contribution in [0.2, 0.25) is 0 Å². The SMILES string of the molecule is C/C=C\C=C(\C)CCn1[nH]cc1C. The molecule has 0 aromatic carbocycles. The second-order valence-electron chi connectivity index (χ2n) is 3.36. The Labute approximate surface area is 79.9 Å². The molecule has 0 aliphatic carbocycles. The van der Waals surface area contributed by atoms with Crippen LogP contribution in [-0.4, -0.2) is 9.78 Å². The fourth-order valence-electron chi connectivity index (χ4n) is 1.16. The van der Waals surface area contributed by atoms with Gasteiger partial charge in [0.15, 0.2) is 0 Å². The number of allylic oxidation sites excluding steroid dienone is 4. The fraction of sp³-hybridized carbons (Fsp3) is 0.455. The minimum absolute atomic E-state index is 1.06. The summed E-state index contributed by atoms with van der Waals surface area (Å²) in [5, 5.41) is 3.13. The zero-order valence-electron chi connectivity index (χ0n) is 8.67. The number of aromatic nitrogens is 2. The predicted molar refractivity (Wildman–Crippen MR) is 56.7 cm³/mol. The summed E-state index contributed by atoms with van der Waals surface area (Å²) < 4.78 is 2.16. The molecule has 0 bridgehead atoms. The van der Waals surface area contributed by atoms with Crippen LogP contribution in [0.1, 0.15) is 26.0 Å². The molecule has 0 fully saturated rings. The lowest BCUT2D eigenvalue weighted by atomic mass is 10.2. The highest BCUT2D eigenvalue weighted by atomic mass is 15.3. The average molecular weight is 178 g/mol. The number of aromatic amines is 1. The Kier molecular flexibility index (Phi) is 3.62. The van der Waals surface area contributed by atoms with Crippen LogP contribution in [0.25, 0.3) is 0 Å². The van der Waals surface area contributed by atoms with Gasteiger partial charge in [0.1, 0.15) is 0 Å². The van der Waals surface area contributed by atoms with Crippen molar-refractivity contribution in [2.75, 3.05) is 0 Å². The summed E-state index contributed by atoms with van der Waals surface area (Å²) >= 11 is 0. The monoisotopic (exact) mass is 178 g/mol. The lowest BCUT2D eigenvalue weighted by Crippen LogP contribution is -2.12. The normalized spacial score (nSPS) is 13.0. The summed E-state index contributed by atoms with van der Waals surface area (Å²) in [5.74, 6) is 0. The van der Waals surface area contributed by atoms with Crippen molar-refractivity contribution in [3.8, 4) is 0 Å². The largest absolute Gasteiger partial charge is 0.304 e. The number of hydrogen-bond acceptors (Lipinski definition) is 0. The van der Waals surface area contributed by atoms with E-state index in [0.29, 0.717) is 0 Å². The van der Waals surface area contributed by atoms with Crippen molar-refractivity contribution in [3.05, 3.63) is 35.7 Å². The minimum Gasteiger partial charge on any atom is -0.304 e. The van der Waals surface area contributed by atoms with Gasteiger partial charge in [-0.05, 0) is 27.2 Å². The van der Waals surface area contributed by atoms with Gasteiger partial charge in [0.2, 0.25) is 0 Å². The number of nitrogens with one attached hydrogen (secondary N) is 1. The van der Waals surface area contributed by atoms with Crippen LogP contribution in [0.4, 0.5) is 0 Å². The average Bonchev–Trinajstić information content (AvgIpc) is 2.12. The van der Waals surface area contributed by atoms with Crippen LogP contribution in [0.5, 0.6) is 0 Å². The molecule has 0 saturated heterocycles. The van der Waals surface area contributed by atoms with E-state index in [4.69, 9.17) is 0 Å². The van der Waals surface area contributed by atoms with Crippen LogP contribution in [-0.2, 0) is 6.54 Å². The molecule has 0 atom stereocenters. The summed E-state index contributed by atoms with van der Waals surface area (Å²) in [5.41, 5.74) is 2.73. The third-order valence-corrected chi connectivity index (χ3v) is 2.16. The molecule has 0 saturated carbocycles. The molecule has 13 heavy (non-hydrogen) atoms. The first-order chi connectivity index (χ1) is 6.24. The smallest absolute Gasteiger partial charge is 0.0490 e. The molecule has 0 unspecified atom stereocenters. The molecule has 2 heteroatoms. The number of H-pyrrole nitrogens is 1. The second-order valence-corrected chi connectivity index (χ2v) is 3.36. The Morgan fingerprint density at radius 2 is 2.38 bits per heavy atom. The van der Waals surface area contributed by atoms with Crippen molar-refractivity contribution in [1.82, 2.24) is 9.78 Å². The number of rotatable bonds is 4. The van der Waals surface area contributed by atoms with Crippen LogP contribution in [0.15, 0.2) is 30.0 Å².